The first-order valence-corrected chi connectivity index (χ1v) is 8.84. The molecule has 1 aromatic carbocycles. The molecule has 0 saturated carbocycles. The molecule has 0 atom stereocenters. The molecule has 122 valence electrons. The number of benzene rings is 1. The molecule has 1 heterocycles. The van der Waals surface area contributed by atoms with E-state index in [1.54, 1.807) is 13.2 Å². The fourth-order valence-corrected chi connectivity index (χ4v) is 3.19. The normalized spacial score (nSPS) is 16.1. The van der Waals surface area contributed by atoms with E-state index in [2.05, 4.69) is 26.1 Å². The fourth-order valence-electron chi connectivity index (χ4n) is 2.76. The lowest BCUT2D eigenvalue weighted by atomic mass is 10.2. The molecular weight excluding hydrogens is 344 g/mol. The zero-order valence-electron chi connectivity index (χ0n) is 13.2. The second kappa shape index (κ2) is 9.16. The van der Waals surface area contributed by atoms with Crippen molar-refractivity contribution in [3.05, 3.63) is 28.2 Å². The van der Waals surface area contributed by atoms with Crippen molar-refractivity contribution in [2.45, 2.75) is 32.1 Å². The molecule has 0 radical (unpaired) electrons. The van der Waals surface area contributed by atoms with Crippen LogP contribution in [0, 0.1) is 0 Å². The molecule has 0 spiro atoms. The Labute approximate surface area is 141 Å². The Balaban J connectivity index is 1.75. The van der Waals surface area contributed by atoms with Gasteiger partial charge in [-0.2, -0.15) is 0 Å². The largest absolute Gasteiger partial charge is 0.497 e. The van der Waals surface area contributed by atoms with E-state index < -0.39 is 0 Å². The number of hydrogen-bond acceptors (Lipinski definition) is 3. The maximum absolute atomic E-state index is 12.2. The molecule has 0 aromatic heterocycles. The van der Waals surface area contributed by atoms with Gasteiger partial charge in [-0.05, 0) is 73.0 Å². The maximum atomic E-state index is 12.2. The molecule has 0 aliphatic carbocycles. The topological polar surface area (TPSA) is 41.6 Å². The van der Waals surface area contributed by atoms with Gasteiger partial charge >= 0.3 is 0 Å². The number of carbonyl (C=O) groups excluding carboxylic acids is 1. The molecule has 0 unspecified atom stereocenters. The zero-order valence-corrected chi connectivity index (χ0v) is 14.8. The van der Waals surface area contributed by atoms with E-state index in [9.17, 15) is 4.79 Å². The molecule has 1 amide bonds. The van der Waals surface area contributed by atoms with Crippen molar-refractivity contribution in [3.8, 4) is 5.75 Å². The van der Waals surface area contributed by atoms with Crippen molar-refractivity contribution in [2.24, 2.45) is 0 Å². The highest BCUT2D eigenvalue weighted by molar-refractivity contribution is 9.10. The summed E-state index contributed by atoms with van der Waals surface area (Å²) in [5.41, 5.74) is 0.620. The highest BCUT2D eigenvalue weighted by Crippen LogP contribution is 2.22. The third kappa shape index (κ3) is 5.29. The number of halogens is 1. The quantitative estimate of drug-likeness (QED) is 0.781. The molecule has 1 aliphatic rings. The number of carbonyl (C=O) groups is 1. The Kier molecular flexibility index (Phi) is 7.19. The summed E-state index contributed by atoms with van der Waals surface area (Å²) in [5, 5.41) is 3.00. The van der Waals surface area contributed by atoms with E-state index in [4.69, 9.17) is 4.74 Å². The van der Waals surface area contributed by atoms with Crippen LogP contribution in [0.5, 0.6) is 5.75 Å². The molecule has 1 N–H and O–H groups in total. The van der Waals surface area contributed by atoms with Crippen molar-refractivity contribution >= 4 is 21.8 Å². The third-order valence-electron chi connectivity index (χ3n) is 4.05. The minimum Gasteiger partial charge on any atom is -0.497 e. The van der Waals surface area contributed by atoms with Gasteiger partial charge in [0, 0.05) is 11.0 Å². The Bertz CT molecular complexity index is 486. The van der Waals surface area contributed by atoms with Gasteiger partial charge in [0.2, 0.25) is 0 Å². The summed E-state index contributed by atoms with van der Waals surface area (Å²) in [6.45, 7) is 4.18. The van der Waals surface area contributed by atoms with Crippen LogP contribution in [-0.2, 0) is 0 Å². The molecule has 1 aliphatic heterocycles. The van der Waals surface area contributed by atoms with E-state index in [-0.39, 0.29) is 5.91 Å². The minimum atomic E-state index is -0.0540. The van der Waals surface area contributed by atoms with E-state index >= 15 is 0 Å². The van der Waals surface area contributed by atoms with Crippen LogP contribution in [-0.4, -0.2) is 44.1 Å². The van der Waals surface area contributed by atoms with Gasteiger partial charge < -0.3 is 15.0 Å². The molecule has 22 heavy (non-hydrogen) atoms. The maximum Gasteiger partial charge on any atom is 0.252 e. The average Bonchev–Trinajstić information content (AvgIpc) is 2.80. The third-order valence-corrected chi connectivity index (χ3v) is 4.75. The van der Waals surface area contributed by atoms with Crippen LogP contribution in [0.4, 0.5) is 0 Å². The van der Waals surface area contributed by atoms with E-state index in [0.29, 0.717) is 17.9 Å². The SMILES string of the molecule is COc1ccc(Br)c(C(=O)NCCCN2CCCCCC2)c1. The molecule has 5 heteroatoms. The summed E-state index contributed by atoms with van der Waals surface area (Å²) < 4.78 is 5.96. The minimum absolute atomic E-state index is 0.0540. The Morgan fingerprint density at radius 1 is 1.27 bits per heavy atom. The highest BCUT2D eigenvalue weighted by Gasteiger charge is 2.12. The van der Waals surface area contributed by atoms with Gasteiger partial charge in [-0.3, -0.25) is 4.79 Å². The van der Waals surface area contributed by atoms with Crippen molar-refractivity contribution in [1.82, 2.24) is 10.2 Å². The van der Waals surface area contributed by atoms with E-state index in [1.807, 2.05) is 12.1 Å². The number of likely N-dealkylation sites (tertiary alicyclic amines) is 1. The van der Waals surface area contributed by atoms with Gasteiger partial charge in [0.25, 0.3) is 5.91 Å². The number of rotatable bonds is 6. The second-order valence-corrected chi connectivity index (χ2v) is 6.57. The van der Waals surface area contributed by atoms with E-state index in [0.717, 1.165) is 17.4 Å². The number of nitrogens with zero attached hydrogens (tertiary/aromatic N) is 1. The monoisotopic (exact) mass is 368 g/mol. The first kappa shape index (κ1) is 17.3. The summed E-state index contributed by atoms with van der Waals surface area (Å²) in [5.74, 6) is 0.638. The number of ether oxygens (including phenoxy) is 1. The standard InChI is InChI=1S/C17H25BrN2O2/c1-22-14-7-8-16(18)15(13-14)17(21)19-9-6-12-20-10-4-2-3-5-11-20/h7-8,13H,2-6,9-12H2,1H3,(H,19,21). The first-order chi connectivity index (χ1) is 10.7. The van der Waals surface area contributed by atoms with E-state index in [1.165, 1.54) is 38.8 Å². The number of nitrogens with one attached hydrogen (secondary N) is 1. The van der Waals surface area contributed by atoms with Crippen LogP contribution in [0.3, 0.4) is 0 Å². The number of methoxy groups -OCH3 is 1. The summed E-state index contributed by atoms with van der Waals surface area (Å²) in [7, 11) is 1.60. The van der Waals surface area contributed by atoms with Gasteiger partial charge in [-0.1, -0.05) is 12.8 Å². The van der Waals surface area contributed by atoms with Gasteiger partial charge in [0.1, 0.15) is 5.75 Å². The van der Waals surface area contributed by atoms with Crippen LogP contribution in [0.25, 0.3) is 0 Å². The van der Waals surface area contributed by atoms with Crippen LogP contribution in [0.15, 0.2) is 22.7 Å². The smallest absolute Gasteiger partial charge is 0.252 e. The zero-order chi connectivity index (χ0) is 15.8. The Morgan fingerprint density at radius 3 is 2.68 bits per heavy atom. The van der Waals surface area contributed by atoms with Crippen LogP contribution in [0.2, 0.25) is 0 Å². The van der Waals surface area contributed by atoms with Crippen LogP contribution < -0.4 is 10.1 Å². The lowest BCUT2D eigenvalue weighted by Gasteiger charge is -2.19. The summed E-state index contributed by atoms with van der Waals surface area (Å²) in [4.78, 5) is 14.7. The highest BCUT2D eigenvalue weighted by atomic mass is 79.9. The molecule has 1 saturated heterocycles. The second-order valence-electron chi connectivity index (χ2n) is 5.71. The number of amides is 1. The molecular formula is C17H25BrN2O2. The summed E-state index contributed by atoms with van der Waals surface area (Å²) >= 11 is 3.42. The van der Waals surface area contributed by atoms with Crippen LogP contribution >= 0.6 is 15.9 Å². The molecule has 0 bridgehead atoms. The Hall–Kier alpha value is -1.07. The van der Waals surface area contributed by atoms with Gasteiger partial charge in [-0.15, -0.1) is 0 Å². The average molecular weight is 369 g/mol. The lowest BCUT2D eigenvalue weighted by Crippen LogP contribution is -2.30. The fraction of sp³-hybridized carbons (Fsp3) is 0.588. The van der Waals surface area contributed by atoms with Gasteiger partial charge in [0.15, 0.2) is 0 Å². The van der Waals surface area contributed by atoms with Crippen LogP contribution in [0.1, 0.15) is 42.5 Å². The summed E-state index contributed by atoms with van der Waals surface area (Å²) in [6.07, 6.45) is 6.33. The Morgan fingerprint density at radius 2 is 2.00 bits per heavy atom. The predicted octanol–water partition coefficient (Wildman–Crippen LogP) is 3.45. The van der Waals surface area contributed by atoms with Crippen molar-refractivity contribution < 1.29 is 9.53 Å². The molecule has 1 aromatic rings. The van der Waals surface area contributed by atoms with Crippen molar-refractivity contribution in [1.29, 1.82) is 0 Å². The predicted molar refractivity (Wildman–Crippen MR) is 92.6 cm³/mol. The number of hydrogen-bond donors (Lipinski definition) is 1. The summed E-state index contributed by atoms with van der Waals surface area (Å²) in [6, 6.07) is 5.43. The lowest BCUT2D eigenvalue weighted by molar-refractivity contribution is 0.0950. The van der Waals surface area contributed by atoms with Crippen molar-refractivity contribution in [3.63, 3.8) is 0 Å². The van der Waals surface area contributed by atoms with Gasteiger partial charge in [-0.25, -0.2) is 0 Å². The van der Waals surface area contributed by atoms with Crippen molar-refractivity contribution in [2.75, 3.05) is 33.3 Å². The van der Waals surface area contributed by atoms with Gasteiger partial charge in [0.05, 0.1) is 12.7 Å². The molecule has 2 rings (SSSR count). The molecule has 4 nitrogen and oxygen atoms in total. The molecule has 1 fully saturated rings. The first-order valence-electron chi connectivity index (χ1n) is 8.05.